The summed E-state index contributed by atoms with van der Waals surface area (Å²) >= 11 is 1.72. The van der Waals surface area contributed by atoms with Crippen LogP contribution in [0.25, 0.3) is 11.1 Å². The molecule has 0 unspecified atom stereocenters. The van der Waals surface area contributed by atoms with E-state index >= 15 is 0 Å². The highest BCUT2D eigenvalue weighted by Crippen LogP contribution is 2.50. The Hall–Kier alpha value is -3.05. The van der Waals surface area contributed by atoms with Crippen LogP contribution < -0.4 is 4.74 Å². The number of carbonyl (C=O) groups excluding carboxylic acids is 1. The summed E-state index contributed by atoms with van der Waals surface area (Å²) < 4.78 is 5.24. The number of rotatable bonds is 6. The molecule has 0 heterocycles. The van der Waals surface area contributed by atoms with E-state index in [1.54, 1.807) is 18.9 Å². The number of nitrogens with zero attached hydrogens (tertiary/aromatic N) is 1. The molecule has 0 atom stereocenters. The molecule has 4 rings (SSSR count). The number of hydrogen-bond donors (Lipinski definition) is 1. The van der Waals surface area contributed by atoms with Crippen molar-refractivity contribution in [1.82, 2.24) is 0 Å². The van der Waals surface area contributed by atoms with Crippen molar-refractivity contribution in [2.45, 2.75) is 42.4 Å². The van der Waals surface area contributed by atoms with E-state index in [9.17, 15) is 4.79 Å². The van der Waals surface area contributed by atoms with E-state index in [0.717, 1.165) is 21.8 Å². The number of carbonyl (C=O) groups is 1. The maximum atomic E-state index is 12.7. The zero-order valence-electron chi connectivity index (χ0n) is 18.1. The number of ether oxygens (including phenoxy) is 1. The molecular formula is C26H25NO3S. The zero-order chi connectivity index (χ0) is 22.2. The molecule has 0 radical (unpaired) electrons. The summed E-state index contributed by atoms with van der Waals surface area (Å²) in [6, 6.07) is 20.4. The third-order valence-corrected chi connectivity index (χ3v) is 6.92. The second kappa shape index (κ2) is 8.23. The van der Waals surface area contributed by atoms with E-state index in [4.69, 9.17) is 9.94 Å². The van der Waals surface area contributed by atoms with E-state index in [1.807, 2.05) is 37.3 Å². The summed E-state index contributed by atoms with van der Waals surface area (Å²) in [6.07, 6.45) is 0.391. The molecule has 0 fully saturated rings. The Morgan fingerprint density at radius 1 is 0.968 bits per heavy atom. The Balaban J connectivity index is 1.68. The number of fused-ring (bicyclic) bond motifs is 3. The van der Waals surface area contributed by atoms with Gasteiger partial charge < -0.3 is 9.94 Å². The monoisotopic (exact) mass is 431 g/mol. The topological polar surface area (TPSA) is 58.9 Å². The molecule has 31 heavy (non-hydrogen) atoms. The summed E-state index contributed by atoms with van der Waals surface area (Å²) in [5, 5.41) is 12.3. The third kappa shape index (κ3) is 3.74. The summed E-state index contributed by atoms with van der Waals surface area (Å²) in [4.78, 5) is 15.0. The molecule has 3 aromatic rings. The Labute approximate surface area is 187 Å². The lowest BCUT2D eigenvalue weighted by atomic mass is 9.81. The highest BCUT2D eigenvalue weighted by Gasteiger charge is 2.36. The van der Waals surface area contributed by atoms with Gasteiger partial charge in [0.05, 0.1) is 7.11 Å². The number of hydrogen-bond acceptors (Lipinski definition) is 5. The molecule has 1 aliphatic carbocycles. The molecule has 0 saturated carbocycles. The van der Waals surface area contributed by atoms with Gasteiger partial charge in [-0.05, 0) is 71.1 Å². The molecule has 4 nitrogen and oxygen atoms in total. The minimum atomic E-state index is -0.236. The van der Waals surface area contributed by atoms with Gasteiger partial charge in [-0.1, -0.05) is 55.9 Å². The standard InChI is InChI=1S/C26H25NO3S/c1-5-24(27-29)25(28)16-6-12-20-21-13-11-19(15-23(21)26(2,3)22(20)14-16)31-18-9-7-17(30-4)8-10-18/h6-15,29H,5H2,1-4H3. The second-order valence-corrected chi connectivity index (χ2v) is 9.25. The molecule has 1 aliphatic rings. The van der Waals surface area contributed by atoms with E-state index in [1.165, 1.54) is 16.0 Å². The largest absolute Gasteiger partial charge is 0.497 e. The molecule has 5 heteroatoms. The van der Waals surface area contributed by atoms with Crippen LogP contribution in [0.3, 0.4) is 0 Å². The Morgan fingerprint density at radius 3 is 2.19 bits per heavy atom. The first-order chi connectivity index (χ1) is 14.9. The van der Waals surface area contributed by atoms with Crippen molar-refractivity contribution < 1.29 is 14.7 Å². The summed E-state index contributed by atoms with van der Waals surface area (Å²) in [5.41, 5.74) is 5.21. The molecule has 1 N–H and O–H groups in total. The number of oxime groups is 1. The molecule has 0 saturated heterocycles. The minimum absolute atomic E-state index is 0.173. The Morgan fingerprint density at radius 2 is 1.58 bits per heavy atom. The fourth-order valence-electron chi connectivity index (χ4n) is 4.14. The number of benzene rings is 3. The fraction of sp³-hybridized carbons (Fsp3) is 0.231. The Kier molecular flexibility index (Phi) is 5.63. The van der Waals surface area contributed by atoms with Crippen molar-refractivity contribution in [3.05, 3.63) is 77.4 Å². The van der Waals surface area contributed by atoms with Crippen molar-refractivity contribution in [3.63, 3.8) is 0 Å². The first-order valence-corrected chi connectivity index (χ1v) is 11.1. The summed E-state index contributed by atoms with van der Waals surface area (Å²) in [7, 11) is 1.67. The highest BCUT2D eigenvalue weighted by molar-refractivity contribution is 7.99. The van der Waals surface area contributed by atoms with Crippen LogP contribution in [0.15, 0.2) is 75.6 Å². The molecule has 0 aliphatic heterocycles. The number of Topliss-reactive ketones (excluding diaryl/α,β-unsaturated/α-hetero) is 1. The van der Waals surface area contributed by atoms with Crippen LogP contribution >= 0.6 is 11.8 Å². The molecule has 3 aromatic carbocycles. The van der Waals surface area contributed by atoms with E-state index in [2.05, 4.69) is 49.3 Å². The average Bonchev–Trinajstić information content (AvgIpc) is 3.01. The van der Waals surface area contributed by atoms with Crippen molar-refractivity contribution >= 4 is 23.3 Å². The van der Waals surface area contributed by atoms with Crippen LogP contribution in [0.1, 0.15) is 48.7 Å². The lowest BCUT2D eigenvalue weighted by Gasteiger charge is -2.22. The van der Waals surface area contributed by atoms with Crippen molar-refractivity contribution in [2.24, 2.45) is 5.16 Å². The van der Waals surface area contributed by atoms with Crippen LogP contribution in [0.4, 0.5) is 0 Å². The SMILES string of the molecule is CCC(=NO)C(=O)c1ccc2c(c1)C(C)(C)c1cc(Sc3ccc(OC)cc3)ccc1-2. The van der Waals surface area contributed by atoms with Crippen molar-refractivity contribution in [1.29, 1.82) is 0 Å². The van der Waals surface area contributed by atoms with E-state index in [-0.39, 0.29) is 16.9 Å². The van der Waals surface area contributed by atoms with Gasteiger partial charge in [-0.25, -0.2) is 0 Å². The van der Waals surface area contributed by atoms with Gasteiger partial charge in [-0.2, -0.15) is 0 Å². The summed E-state index contributed by atoms with van der Waals surface area (Å²) in [5.74, 6) is 0.619. The minimum Gasteiger partial charge on any atom is -0.497 e. The molecule has 0 amide bonds. The van der Waals surface area contributed by atoms with Crippen molar-refractivity contribution in [3.8, 4) is 16.9 Å². The predicted molar refractivity (Wildman–Crippen MR) is 125 cm³/mol. The van der Waals surface area contributed by atoms with Crippen LogP contribution in [-0.4, -0.2) is 23.8 Å². The van der Waals surface area contributed by atoms with Gasteiger partial charge >= 0.3 is 0 Å². The normalized spacial score (nSPS) is 14.1. The maximum absolute atomic E-state index is 12.7. The van der Waals surface area contributed by atoms with Gasteiger partial charge in [0.1, 0.15) is 11.5 Å². The number of methoxy groups -OCH3 is 1. The van der Waals surface area contributed by atoms with Crippen LogP contribution in [0, 0.1) is 0 Å². The van der Waals surface area contributed by atoms with Gasteiger partial charge in [0, 0.05) is 20.8 Å². The zero-order valence-corrected chi connectivity index (χ0v) is 18.9. The third-order valence-electron chi connectivity index (χ3n) is 5.92. The van der Waals surface area contributed by atoms with Crippen molar-refractivity contribution in [2.75, 3.05) is 7.11 Å². The molecule has 0 spiro atoms. The summed E-state index contributed by atoms with van der Waals surface area (Å²) in [6.45, 7) is 6.19. The highest BCUT2D eigenvalue weighted by atomic mass is 32.2. The fourth-order valence-corrected chi connectivity index (χ4v) is 5.00. The lowest BCUT2D eigenvalue weighted by molar-refractivity contribution is 0.105. The smallest absolute Gasteiger partial charge is 0.210 e. The lowest BCUT2D eigenvalue weighted by Crippen LogP contribution is -2.18. The Bertz CT molecular complexity index is 1180. The van der Waals surface area contributed by atoms with E-state index in [0.29, 0.717) is 12.0 Å². The maximum Gasteiger partial charge on any atom is 0.210 e. The first-order valence-electron chi connectivity index (χ1n) is 10.3. The van der Waals surface area contributed by atoms with Crippen LogP contribution in [0.5, 0.6) is 5.75 Å². The van der Waals surface area contributed by atoms with Crippen LogP contribution in [-0.2, 0) is 5.41 Å². The number of ketones is 1. The molecule has 0 bridgehead atoms. The van der Waals surface area contributed by atoms with Gasteiger partial charge in [-0.3, -0.25) is 4.79 Å². The van der Waals surface area contributed by atoms with Crippen LogP contribution in [0.2, 0.25) is 0 Å². The molecule has 158 valence electrons. The molecular weight excluding hydrogens is 406 g/mol. The van der Waals surface area contributed by atoms with Gasteiger partial charge in [-0.15, -0.1) is 0 Å². The quantitative estimate of drug-likeness (QED) is 0.207. The molecule has 0 aromatic heterocycles. The van der Waals surface area contributed by atoms with Gasteiger partial charge in [0.2, 0.25) is 5.78 Å². The average molecular weight is 432 g/mol. The predicted octanol–water partition coefficient (Wildman–Crippen LogP) is 6.58. The first kappa shape index (κ1) is 21.2. The van der Waals surface area contributed by atoms with E-state index < -0.39 is 0 Å². The van der Waals surface area contributed by atoms with Gasteiger partial charge in [0.15, 0.2) is 0 Å². The second-order valence-electron chi connectivity index (χ2n) is 8.10. The van der Waals surface area contributed by atoms with Gasteiger partial charge in [0.25, 0.3) is 0 Å².